The Hall–Kier alpha value is -1.78. The van der Waals surface area contributed by atoms with Gasteiger partial charge in [0.05, 0.1) is 6.20 Å². The van der Waals surface area contributed by atoms with Gasteiger partial charge in [-0.25, -0.2) is 4.39 Å². The lowest BCUT2D eigenvalue weighted by molar-refractivity contribution is -0.153. The summed E-state index contributed by atoms with van der Waals surface area (Å²) in [5.41, 5.74) is -0.578. The maximum absolute atomic E-state index is 12.6. The molecule has 92 valence electrons. The molecule has 0 aliphatic rings. The molecule has 0 unspecified atom stereocenters. The highest BCUT2D eigenvalue weighted by molar-refractivity contribution is 6.04. The van der Waals surface area contributed by atoms with Crippen molar-refractivity contribution >= 4 is 11.8 Å². The summed E-state index contributed by atoms with van der Waals surface area (Å²) in [6.45, 7) is 5.14. The Labute approximate surface area is 98.8 Å². The molecule has 0 aromatic carbocycles. The van der Waals surface area contributed by atoms with Gasteiger partial charge in [0, 0.05) is 0 Å². The van der Waals surface area contributed by atoms with Gasteiger partial charge < -0.3 is 4.74 Å². The van der Waals surface area contributed by atoms with Gasteiger partial charge >= 0.3 is 5.97 Å². The molecule has 0 amide bonds. The van der Waals surface area contributed by atoms with Crippen LogP contribution in [0.2, 0.25) is 0 Å². The third-order valence-electron chi connectivity index (χ3n) is 1.74. The minimum Gasteiger partial charge on any atom is -0.460 e. The van der Waals surface area contributed by atoms with Gasteiger partial charge in [0.1, 0.15) is 23.5 Å². The Morgan fingerprint density at radius 3 is 2.47 bits per heavy atom. The van der Waals surface area contributed by atoms with Gasteiger partial charge in [0.15, 0.2) is 5.78 Å². The van der Waals surface area contributed by atoms with Crippen LogP contribution in [0.5, 0.6) is 0 Å². The summed E-state index contributed by atoms with van der Waals surface area (Å²) in [7, 11) is 0. The molecule has 5 heteroatoms. The molecule has 1 aromatic heterocycles. The topological polar surface area (TPSA) is 56.3 Å². The minimum atomic E-state index is -0.631. The zero-order valence-corrected chi connectivity index (χ0v) is 9.99. The molecule has 1 heterocycles. The van der Waals surface area contributed by atoms with E-state index < -0.39 is 29.6 Å². The molecular formula is C12H14FNO3. The number of hydrogen-bond donors (Lipinski definition) is 0. The van der Waals surface area contributed by atoms with Crippen molar-refractivity contribution < 1.29 is 18.7 Å². The Morgan fingerprint density at radius 2 is 2.00 bits per heavy atom. The fraction of sp³-hybridized carbons (Fsp3) is 0.417. The first-order chi connectivity index (χ1) is 7.78. The van der Waals surface area contributed by atoms with Crippen LogP contribution in [0.1, 0.15) is 37.7 Å². The summed E-state index contributed by atoms with van der Waals surface area (Å²) in [6, 6.07) is 2.36. The number of Topliss-reactive ketones (excluding diaryl/α,β-unsaturated/α-hetero) is 1. The number of esters is 1. The largest absolute Gasteiger partial charge is 0.460 e. The van der Waals surface area contributed by atoms with E-state index in [4.69, 9.17) is 4.74 Å². The Balaban J connectivity index is 2.61. The molecule has 0 spiro atoms. The molecule has 1 aromatic rings. The summed E-state index contributed by atoms with van der Waals surface area (Å²) in [6.07, 6.45) is 0.540. The maximum Gasteiger partial charge on any atom is 0.314 e. The predicted molar refractivity (Wildman–Crippen MR) is 59.0 cm³/mol. The zero-order chi connectivity index (χ0) is 13.1. The van der Waals surface area contributed by atoms with Crippen LogP contribution >= 0.6 is 0 Å². The van der Waals surface area contributed by atoms with Crippen molar-refractivity contribution in [2.24, 2.45) is 0 Å². The summed E-state index contributed by atoms with van der Waals surface area (Å²) in [5, 5.41) is 0. The van der Waals surface area contributed by atoms with Crippen LogP contribution in [0, 0.1) is 5.82 Å². The standard InChI is InChI=1S/C12H14FNO3/c1-12(2,3)17-11(16)6-10(15)9-5-4-8(13)7-14-9/h4-5,7H,6H2,1-3H3. The third kappa shape index (κ3) is 4.72. The minimum absolute atomic E-state index is 0.0530. The Bertz CT molecular complexity index is 420. The molecule has 4 nitrogen and oxygen atoms in total. The molecule has 0 atom stereocenters. The first-order valence-electron chi connectivity index (χ1n) is 5.14. The summed E-state index contributed by atoms with van der Waals surface area (Å²) in [5.74, 6) is -1.63. The van der Waals surface area contributed by atoms with Gasteiger partial charge in [-0.15, -0.1) is 0 Å². The van der Waals surface area contributed by atoms with E-state index >= 15 is 0 Å². The lowest BCUT2D eigenvalue weighted by Gasteiger charge is -2.19. The van der Waals surface area contributed by atoms with E-state index in [-0.39, 0.29) is 5.69 Å². The molecule has 0 bridgehead atoms. The molecule has 0 N–H and O–H groups in total. The molecular weight excluding hydrogens is 225 g/mol. The second-order valence-electron chi connectivity index (χ2n) is 4.55. The van der Waals surface area contributed by atoms with E-state index in [9.17, 15) is 14.0 Å². The number of carbonyl (C=O) groups is 2. The van der Waals surface area contributed by atoms with Crippen LogP contribution in [-0.2, 0) is 9.53 Å². The summed E-state index contributed by atoms with van der Waals surface area (Å²) >= 11 is 0. The average molecular weight is 239 g/mol. The number of hydrogen-bond acceptors (Lipinski definition) is 4. The van der Waals surface area contributed by atoms with Gasteiger partial charge in [0.25, 0.3) is 0 Å². The van der Waals surface area contributed by atoms with E-state index in [1.54, 1.807) is 20.8 Å². The fourth-order valence-electron chi connectivity index (χ4n) is 1.14. The predicted octanol–water partition coefficient (Wildman–Crippen LogP) is 2.14. The van der Waals surface area contributed by atoms with E-state index in [0.29, 0.717) is 0 Å². The van der Waals surface area contributed by atoms with Crippen molar-refractivity contribution in [3.63, 3.8) is 0 Å². The van der Waals surface area contributed by atoms with E-state index in [1.807, 2.05) is 0 Å². The highest BCUT2D eigenvalue weighted by Crippen LogP contribution is 2.10. The first kappa shape index (κ1) is 13.3. The van der Waals surface area contributed by atoms with Crippen molar-refractivity contribution in [1.82, 2.24) is 4.98 Å². The molecule has 0 saturated carbocycles. The van der Waals surface area contributed by atoms with Crippen LogP contribution in [0.25, 0.3) is 0 Å². The summed E-state index contributed by atoms with van der Waals surface area (Å²) < 4.78 is 17.6. The number of carbonyl (C=O) groups excluding carboxylic acids is 2. The van der Waals surface area contributed by atoms with Crippen LogP contribution in [0.3, 0.4) is 0 Å². The molecule has 0 saturated heterocycles. The van der Waals surface area contributed by atoms with E-state index in [1.165, 1.54) is 6.07 Å². The van der Waals surface area contributed by atoms with Gasteiger partial charge in [0.2, 0.25) is 0 Å². The molecule has 0 aliphatic heterocycles. The van der Waals surface area contributed by atoms with Crippen LogP contribution < -0.4 is 0 Å². The van der Waals surface area contributed by atoms with Gasteiger partial charge in [-0.3, -0.25) is 14.6 Å². The van der Waals surface area contributed by atoms with Crippen LogP contribution in [-0.4, -0.2) is 22.3 Å². The third-order valence-corrected chi connectivity index (χ3v) is 1.74. The van der Waals surface area contributed by atoms with Crippen molar-refractivity contribution in [3.05, 3.63) is 29.8 Å². The molecule has 0 aliphatic carbocycles. The van der Waals surface area contributed by atoms with Gasteiger partial charge in [-0.05, 0) is 32.9 Å². The van der Waals surface area contributed by atoms with Gasteiger partial charge in [-0.2, -0.15) is 0 Å². The normalized spacial score (nSPS) is 11.1. The number of ketones is 1. The van der Waals surface area contributed by atoms with Gasteiger partial charge in [-0.1, -0.05) is 0 Å². The fourth-order valence-corrected chi connectivity index (χ4v) is 1.14. The molecule has 1 rings (SSSR count). The molecule has 17 heavy (non-hydrogen) atoms. The number of ether oxygens (including phenoxy) is 1. The maximum atomic E-state index is 12.6. The van der Waals surface area contributed by atoms with Crippen LogP contribution in [0.15, 0.2) is 18.3 Å². The number of nitrogens with zero attached hydrogens (tertiary/aromatic N) is 1. The van der Waals surface area contributed by atoms with Crippen molar-refractivity contribution in [2.45, 2.75) is 32.8 Å². The van der Waals surface area contributed by atoms with Crippen LogP contribution in [0.4, 0.5) is 4.39 Å². The lowest BCUT2D eigenvalue weighted by Crippen LogP contribution is -2.25. The SMILES string of the molecule is CC(C)(C)OC(=O)CC(=O)c1ccc(F)cn1. The Kier molecular flexibility index (Phi) is 3.93. The lowest BCUT2D eigenvalue weighted by atomic mass is 10.1. The monoisotopic (exact) mass is 239 g/mol. The second kappa shape index (κ2) is 5.03. The molecule has 0 radical (unpaired) electrons. The average Bonchev–Trinajstić information content (AvgIpc) is 2.15. The number of aromatic nitrogens is 1. The van der Waals surface area contributed by atoms with E-state index in [0.717, 1.165) is 12.3 Å². The number of rotatable bonds is 3. The van der Waals surface area contributed by atoms with Crippen molar-refractivity contribution in [3.8, 4) is 0 Å². The smallest absolute Gasteiger partial charge is 0.314 e. The quantitative estimate of drug-likeness (QED) is 0.460. The summed E-state index contributed by atoms with van der Waals surface area (Å²) in [4.78, 5) is 26.5. The van der Waals surface area contributed by atoms with E-state index in [2.05, 4.69) is 4.98 Å². The second-order valence-corrected chi connectivity index (χ2v) is 4.55. The van der Waals surface area contributed by atoms with Crippen molar-refractivity contribution in [1.29, 1.82) is 0 Å². The van der Waals surface area contributed by atoms with Crippen molar-refractivity contribution in [2.75, 3.05) is 0 Å². The first-order valence-corrected chi connectivity index (χ1v) is 5.14. The number of pyridine rings is 1. The Morgan fingerprint density at radius 1 is 1.35 bits per heavy atom. The number of halogens is 1. The highest BCUT2D eigenvalue weighted by Gasteiger charge is 2.20. The highest BCUT2D eigenvalue weighted by atomic mass is 19.1. The molecule has 0 fully saturated rings. The zero-order valence-electron chi connectivity index (χ0n) is 9.99.